The van der Waals surface area contributed by atoms with Gasteiger partial charge in [-0.25, -0.2) is 0 Å². The van der Waals surface area contributed by atoms with Crippen LogP contribution in [0.4, 0.5) is 11.4 Å². The molecule has 6 nitrogen and oxygen atoms in total. The second-order valence-corrected chi connectivity index (χ2v) is 7.24. The van der Waals surface area contributed by atoms with Crippen LogP contribution >= 0.6 is 11.6 Å². The second-order valence-electron chi connectivity index (χ2n) is 6.81. The smallest absolute Gasteiger partial charge is 0.240 e. The molecule has 2 aromatic rings. The van der Waals surface area contributed by atoms with E-state index in [9.17, 15) is 9.59 Å². The minimum absolute atomic E-state index is 0.303. The van der Waals surface area contributed by atoms with Crippen LogP contribution in [-0.4, -0.2) is 25.0 Å². The molecule has 0 radical (unpaired) electrons. The molecule has 0 aromatic heterocycles. The van der Waals surface area contributed by atoms with Crippen LogP contribution in [0.2, 0.25) is 5.02 Å². The predicted octanol–water partition coefficient (Wildman–Crippen LogP) is 3.78. The first-order chi connectivity index (χ1) is 13.0. The van der Waals surface area contributed by atoms with E-state index in [0.717, 1.165) is 5.56 Å². The van der Waals surface area contributed by atoms with Crippen molar-refractivity contribution in [3.63, 3.8) is 0 Å². The average Bonchev–Trinajstić information content (AvgIpc) is 3.46. The van der Waals surface area contributed by atoms with Crippen molar-refractivity contribution in [1.82, 2.24) is 0 Å². The number of hydrogen-bond donors (Lipinski definition) is 2. The van der Waals surface area contributed by atoms with Crippen LogP contribution in [0.25, 0.3) is 0 Å². The summed E-state index contributed by atoms with van der Waals surface area (Å²) in [6.45, 7) is 2.83. The number of anilines is 2. The first-order valence-corrected chi connectivity index (χ1v) is 9.14. The minimum Gasteiger partial charge on any atom is -0.486 e. The Kier molecular flexibility index (Phi) is 4.44. The molecule has 2 amide bonds. The van der Waals surface area contributed by atoms with Crippen LogP contribution in [0.15, 0.2) is 36.4 Å². The zero-order valence-electron chi connectivity index (χ0n) is 14.8. The van der Waals surface area contributed by atoms with Crippen molar-refractivity contribution in [3.8, 4) is 11.5 Å². The van der Waals surface area contributed by atoms with Crippen molar-refractivity contribution in [2.45, 2.75) is 19.8 Å². The Hall–Kier alpha value is -2.73. The van der Waals surface area contributed by atoms with Crippen molar-refractivity contribution < 1.29 is 19.1 Å². The molecule has 0 unspecified atom stereocenters. The monoisotopic (exact) mass is 386 g/mol. The molecule has 1 saturated carbocycles. The van der Waals surface area contributed by atoms with Gasteiger partial charge in [-0.2, -0.15) is 0 Å². The van der Waals surface area contributed by atoms with Gasteiger partial charge in [-0.1, -0.05) is 11.6 Å². The molecule has 140 valence electrons. The average molecular weight is 387 g/mol. The molecule has 0 bridgehead atoms. The van der Waals surface area contributed by atoms with Gasteiger partial charge in [-0.05, 0) is 55.7 Å². The Morgan fingerprint density at radius 1 is 0.963 bits per heavy atom. The van der Waals surface area contributed by atoms with Gasteiger partial charge in [-0.3, -0.25) is 9.59 Å². The highest BCUT2D eigenvalue weighted by molar-refractivity contribution is 6.30. The van der Waals surface area contributed by atoms with E-state index in [1.807, 2.05) is 6.92 Å². The van der Waals surface area contributed by atoms with E-state index in [4.69, 9.17) is 21.1 Å². The molecule has 1 fully saturated rings. The van der Waals surface area contributed by atoms with E-state index in [1.165, 1.54) is 0 Å². The number of amides is 2. The summed E-state index contributed by atoms with van der Waals surface area (Å²) >= 11 is 5.95. The minimum atomic E-state index is -1.04. The highest BCUT2D eigenvalue weighted by Gasteiger charge is 2.56. The lowest BCUT2D eigenvalue weighted by atomic mass is 10.0. The first kappa shape index (κ1) is 17.7. The Labute approximate surface area is 161 Å². The number of carbonyl (C=O) groups is 2. The molecule has 2 aromatic carbocycles. The molecule has 4 rings (SSSR count). The Morgan fingerprint density at radius 2 is 1.67 bits per heavy atom. The molecular weight excluding hydrogens is 368 g/mol. The van der Waals surface area contributed by atoms with Gasteiger partial charge in [0.05, 0.1) is 0 Å². The topological polar surface area (TPSA) is 76.7 Å². The first-order valence-electron chi connectivity index (χ1n) is 8.77. The van der Waals surface area contributed by atoms with Crippen LogP contribution in [-0.2, 0) is 9.59 Å². The number of rotatable bonds is 4. The number of halogens is 1. The lowest BCUT2D eigenvalue weighted by molar-refractivity contribution is -0.131. The third kappa shape index (κ3) is 3.45. The molecule has 7 heteroatoms. The molecular formula is C20H19ClN2O4. The van der Waals surface area contributed by atoms with Gasteiger partial charge in [0.25, 0.3) is 0 Å². The van der Waals surface area contributed by atoms with Crippen LogP contribution in [0.1, 0.15) is 18.4 Å². The molecule has 0 spiro atoms. The number of carbonyl (C=O) groups excluding carboxylic acids is 2. The summed E-state index contributed by atoms with van der Waals surface area (Å²) in [6, 6.07) is 10.4. The van der Waals surface area contributed by atoms with Crippen LogP contribution < -0.4 is 20.1 Å². The fourth-order valence-electron chi connectivity index (χ4n) is 3.06. The van der Waals surface area contributed by atoms with Crippen molar-refractivity contribution in [2.24, 2.45) is 5.41 Å². The third-order valence-corrected chi connectivity index (χ3v) is 5.09. The lowest BCUT2D eigenvalue weighted by Crippen LogP contribution is -2.35. The Bertz CT molecular complexity index is 924. The van der Waals surface area contributed by atoms with Crippen LogP contribution in [0.3, 0.4) is 0 Å². The highest BCUT2D eigenvalue weighted by atomic mass is 35.5. The maximum Gasteiger partial charge on any atom is 0.240 e. The number of hydrogen-bond acceptors (Lipinski definition) is 4. The van der Waals surface area contributed by atoms with Gasteiger partial charge in [-0.15, -0.1) is 0 Å². The number of fused-ring (bicyclic) bond motifs is 1. The summed E-state index contributed by atoms with van der Waals surface area (Å²) in [5.41, 5.74) is 1.03. The van der Waals surface area contributed by atoms with Gasteiger partial charge < -0.3 is 20.1 Å². The summed E-state index contributed by atoms with van der Waals surface area (Å²) in [5.74, 6) is 0.618. The zero-order valence-corrected chi connectivity index (χ0v) is 15.6. The van der Waals surface area contributed by atoms with Gasteiger partial charge in [0.2, 0.25) is 11.8 Å². The summed E-state index contributed by atoms with van der Waals surface area (Å²) in [5, 5.41) is 6.28. The summed E-state index contributed by atoms with van der Waals surface area (Å²) in [6.07, 6.45) is 1.03. The van der Waals surface area contributed by atoms with Crippen LogP contribution in [0.5, 0.6) is 11.5 Å². The van der Waals surface area contributed by atoms with E-state index >= 15 is 0 Å². The molecule has 1 heterocycles. The maximum atomic E-state index is 12.8. The second kappa shape index (κ2) is 6.78. The van der Waals surface area contributed by atoms with Crippen molar-refractivity contribution in [1.29, 1.82) is 0 Å². The molecule has 2 N–H and O–H groups in total. The molecule has 1 aliphatic heterocycles. The van der Waals surface area contributed by atoms with E-state index in [-0.39, 0.29) is 11.8 Å². The number of benzene rings is 2. The number of aryl methyl sites for hydroxylation is 1. The summed E-state index contributed by atoms with van der Waals surface area (Å²) < 4.78 is 11.0. The van der Waals surface area contributed by atoms with Gasteiger partial charge >= 0.3 is 0 Å². The van der Waals surface area contributed by atoms with E-state index in [0.29, 0.717) is 54.0 Å². The van der Waals surface area contributed by atoms with Crippen LogP contribution in [0, 0.1) is 12.3 Å². The van der Waals surface area contributed by atoms with Crippen molar-refractivity contribution in [2.75, 3.05) is 23.8 Å². The quantitative estimate of drug-likeness (QED) is 0.784. The number of nitrogens with one attached hydrogen (secondary N) is 2. The van der Waals surface area contributed by atoms with Gasteiger partial charge in [0.1, 0.15) is 18.6 Å². The van der Waals surface area contributed by atoms with Crippen molar-refractivity contribution >= 4 is 34.8 Å². The van der Waals surface area contributed by atoms with Gasteiger partial charge in [0.15, 0.2) is 11.5 Å². The zero-order chi connectivity index (χ0) is 19.0. The molecule has 1 aliphatic carbocycles. The fourth-order valence-corrected chi connectivity index (χ4v) is 3.29. The molecule has 0 saturated heterocycles. The predicted molar refractivity (Wildman–Crippen MR) is 103 cm³/mol. The Balaban J connectivity index is 1.47. The summed E-state index contributed by atoms with van der Waals surface area (Å²) in [4.78, 5) is 25.5. The molecule has 2 aliphatic rings. The standard InChI is InChI=1S/C20H19ClN2O4/c1-12-10-13(21)2-4-15(12)23-19(25)20(6-7-20)18(24)22-14-3-5-16-17(11-14)27-9-8-26-16/h2-5,10-11H,6-9H2,1H3,(H,22,24)(H,23,25). The van der Waals surface area contributed by atoms with E-state index in [2.05, 4.69) is 10.6 Å². The third-order valence-electron chi connectivity index (χ3n) is 4.86. The SMILES string of the molecule is Cc1cc(Cl)ccc1NC(=O)C1(C(=O)Nc2ccc3c(c2)OCCO3)CC1. The summed E-state index contributed by atoms with van der Waals surface area (Å²) in [7, 11) is 0. The molecule has 27 heavy (non-hydrogen) atoms. The fraction of sp³-hybridized carbons (Fsp3) is 0.300. The Morgan fingerprint density at radius 3 is 2.37 bits per heavy atom. The molecule has 0 atom stereocenters. The lowest BCUT2D eigenvalue weighted by Gasteiger charge is -2.20. The maximum absolute atomic E-state index is 12.8. The van der Waals surface area contributed by atoms with Crippen molar-refractivity contribution in [3.05, 3.63) is 47.0 Å². The van der Waals surface area contributed by atoms with E-state index in [1.54, 1.807) is 36.4 Å². The van der Waals surface area contributed by atoms with Gasteiger partial charge in [0, 0.05) is 22.5 Å². The number of ether oxygens (including phenoxy) is 2. The highest BCUT2D eigenvalue weighted by Crippen LogP contribution is 2.48. The normalized spacial score (nSPS) is 16.4. The van der Waals surface area contributed by atoms with E-state index < -0.39 is 5.41 Å². The largest absolute Gasteiger partial charge is 0.486 e.